The summed E-state index contributed by atoms with van der Waals surface area (Å²) in [5, 5.41) is 2.56. The molecule has 3 aromatic carbocycles. The first-order chi connectivity index (χ1) is 10.3. The average Bonchev–Trinajstić information content (AvgIpc) is 2.97. The van der Waals surface area contributed by atoms with Crippen molar-refractivity contribution in [3.63, 3.8) is 0 Å². The summed E-state index contributed by atoms with van der Waals surface area (Å²) in [4.78, 5) is 0. The Bertz CT molecular complexity index is 765. The minimum absolute atomic E-state index is 0.113. The summed E-state index contributed by atoms with van der Waals surface area (Å²) in [6.07, 6.45) is 2.20. The predicted molar refractivity (Wildman–Crippen MR) is 88.2 cm³/mol. The molecule has 1 atom stereocenters. The minimum Gasteiger partial charge on any atom is -0.324 e. The van der Waals surface area contributed by atoms with E-state index in [2.05, 4.69) is 66.7 Å². The second-order valence-corrected chi connectivity index (χ2v) is 6.07. The molecule has 1 aliphatic rings. The van der Waals surface area contributed by atoms with Crippen LogP contribution in [0.3, 0.4) is 0 Å². The van der Waals surface area contributed by atoms with Gasteiger partial charge in [-0.3, -0.25) is 0 Å². The van der Waals surface area contributed by atoms with Gasteiger partial charge in [0.15, 0.2) is 0 Å². The Hall–Kier alpha value is -2.12. The predicted octanol–water partition coefficient (Wildman–Crippen LogP) is 4.25. The highest BCUT2D eigenvalue weighted by Crippen LogP contribution is 2.34. The molecule has 2 N–H and O–H groups in total. The van der Waals surface area contributed by atoms with Gasteiger partial charge in [-0.05, 0) is 52.3 Å². The Balaban J connectivity index is 1.64. The Labute approximate surface area is 125 Å². The number of fused-ring (bicyclic) bond motifs is 2. The molecule has 3 aromatic rings. The number of benzene rings is 3. The summed E-state index contributed by atoms with van der Waals surface area (Å²) in [6, 6.07) is 24.0. The van der Waals surface area contributed by atoms with Crippen LogP contribution in [0.1, 0.15) is 22.7 Å². The zero-order valence-corrected chi connectivity index (χ0v) is 12.0. The number of hydrogen-bond acceptors (Lipinski definition) is 1. The maximum absolute atomic E-state index is 6.57. The van der Waals surface area contributed by atoms with Gasteiger partial charge in [0.2, 0.25) is 0 Å². The molecule has 0 spiro atoms. The summed E-state index contributed by atoms with van der Waals surface area (Å²) >= 11 is 0. The molecule has 0 saturated carbocycles. The molecular formula is C20H19N. The van der Waals surface area contributed by atoms with E-state index in [0.29, 0.717) is 5.92 Å². The Morgan fingerprint density at radius 2 is 1.38 bits per heavy atom. The fourth-order valence-corrected chi connectivity index (χ4v) is 3.53. The monoisotopic (exact) mass is 273 g/mol. The van der Waals surface area contributed by atoms with Gasteiger partial charge in [-0.25, -0.2) is 0 Å². The highest BCUT2D eigenvalue weighted by molar-refractivity contribution is 5.83. The summed E-state index contributed by atoms with van der Waals surface area (Å²) in [7, 11) is 0. The molecular weight excluding hydrogens is 254 g/mol. The van der Waals surface area contributed by atoms with Crippen molar-refractivity contribution < 1.29 is 0 Å². The molecule has 0 fully saturated rings. The molecule has 0 radical (unpaired) electrons. The lowest BCUT2D eigenvalue weighted by Crippen LogP contribution is -2.21. The van der Waals surface area contributed by atoms with Crippen molar-refractivity contribution in [2.75, 3.05) is 0 Å². The summed E-state index contributed by atoms with van der Waals surface area (Å²) in [5.41, 5.74) is 10.8. The molecule has 0 saturated heterocycles. The quantitative estimate of drug-likeness (QED) is 0.742. The van der Waals surface area contributed by atoms with Gasteiger partial charge in [0.1, 0.15) is 0 Å². The van der Waals surface area contributed by atoms with Crippen LogP contribution >= 0.6 is 0 Å². The highest BCUT2D eigenvalue weighted by atomic mass is 14.7. The van der Waals surface area contributed by atoms with Crippen LogP contribution in [0, 0.1) is 5.92 Å². The van der Waals surface area contributed by atoms with Crippen LogP contribution in [0.25, 0.3) is 10.8 Å². The SMILES string of the molecule is NC(c1ccc2ccccc2c1)C1Cc2ccccc2C1. The Morgan fingerprint density at radius 3 is 2.10 bits per heavy atom. The van der Waals surface area contributed by atoms with Crippen molar-refractivity contribution in [3.05, 3.63) is 83.4 Å². The van der Waals surface area contributed by atoms with Crippen molar-refractivity contribution in [2.45, 2.75) is 18.9 Å². The average molecular weight is 273 g/mol. The van der Waals surface area contributed by atoms with E-state index in [9.17, 15) is 0 Å². The lowest BCUT2D eigenvalue weighted by molar-refractivity contribution is 0.454. The second kappa shape index (κ2) is 5.01. The van der Waals surface area contributed by atoms with Gasteiger partial charge in [0.05, 0.1) is 0 Å². The number of rotatable bonds is 2. The van der Waals surface area contributed by atoms with Gasteiger partial charge in [-0.2, -0.15) is 0 Å². The molecule has 0 aliphatic heterocycles. The maximum atomic E-state index is 6.57. The molecule has 1 unspecified atom stereocenters. The fourth-order valence-electron chi connectivity index (χ4n) is 3.53. The minimum atomic E-state index is 0.113. The van der Waals surface area contributed by atoms with Crippen molar-refractivity contribution >= 4 is 10.8 Å². The van der Waals surface area contributed by atoms with Gasteiger partial charge in [0, 0.05) is 6.04 Å². The third kappa shape index (κ3) is 2.24. The second-order valence-electron chi connectivity index (χ2n) is 6.07. The molecule has 0 amide bonds. The van der Waals surface area contributed by atoms with Crippen LogP contribution in [-0.4, -0.2) is 0 Å². The Morgan fingerprint density at radius 1 is 0.762 bits per heavy atom. The van der Waals surface area contributed by atoms with Crippen LogP contribution in [0.5, 0.6) is 0 Å². The van der Waals surface area contributed by atoms with Crippen molar-refractivity contribution in [3.8, 4) is 0 Å². The molecule has 1 heteroatoms. The summed E-state index contributed by atoms with van der Waals surface area (Å²) < 4.78 is 0. The van der Waals surface area contributed by atoms with Crippen molar-refractivity contribution in [1.29, 1.82) is 0 Å². The van der Waals surface area contributed by atoms with Crippen LogP contribution in [-0.2, 0) is 12.8 Å². The zero-order valence-electron chi connectivity index (χ0n) is 12.0. The molecule has 21 heavy (non-hydrogen) atoms. The standard InChI is InChI=1S/C20H19N/c21-20(19-12-16-7-3-4-8-17(16)13-19)18-10-9-14-5-1-2-6-15(14)11-18/h1-11,19-20H,12-13,21H2. The largest absolute Gasteiger partial charge is 0.324 e. The first-order valence-electron chi connectivity index (χ1n) is 7.62. The number of hydrogen-bond donors (Lipinski definition) is 1. The third-order valence-electron chi connectivity index (χ3n) is 4.75. The topological polar surface area (TPSA) is 26.0 Å². The molecule has 0 bridgehead atoms. The normalized spacial score (nSPS) is 16.0. The highest BCUT2D eigenvalue weighted by Gasteiger charge is 2.27. The third-order valence-corrected chi connectivity index (χ3v) is 4.75. The number of nitrogens with two attached hydrogens (primary N) is 1. The molecule has 4 rings (SSSR count). The first kappa shape index (κ1) is 12.6. The van der Waals surface area contributed by atoms with Crippen LogP contribution < -0.4 is 5.73 Å². The fraction of sp³-hybridized carbons (Fsp3) is 0.200. The van der Waals surface area contributed by atoms with E-state index in [1.165, 1.54) is 27.5 Å². The van der Waals surface area contributed by atoms with E-state index >= 15 is 0 Å². The Kier molecular flexibility index (Phi) is 3.01. The molecule has 104 valence electrons. The van der Waals surface area contributed by atoms with Crippen LogP contribution in [0.4, 0.5) is 0 Å². The molecule has 0 heterocycles. The smallest absolute Gasteiger partial charge is 0.0330 e. The van der Waals surface area contributed by atoms with Gasteiger partial charge in [-0.15, -0.1) is 0 Å². The van der Waals surface area contributed by atoms with E-state index < -0.39 is 0 Å². The molecule has 0 aromatic heterocycles. The van der Waals surface area contributed by atoms with Crippen LogP contribution in [0.15, 0.2) is 66.7 Å². The van der Waals surface area contributed by atoms with E-state index in [1.807, 2.05) is 0 Å². The summed E-state index contributed by atoms with van der Waals surface area (Å²) in [6.45, 7) is 0. The van der Waals surface area contributed by atoms with Gasteiger partial charge in [-0.1, -0.05) is 60.7 Å². The lowest BCUT2D eigenvalue weighted by atomic mass is 9.90. The first-order valence-corrected chi connectivity index (χ1v) is 7.62. The lowest BCUT2D eigenvalue weighted by Gasteiger charge is -2.19. The van der Waals surface area contributed by atoms with Crippen LogP contribution in [0.2, 0.25) is 0 Å². The molecule has 1 aliphatic carbocycles. The molecule has 1 nitrogen and oxygen atoms in total. The van der Waals surface area contributed by atoms with Gasteiger partial charge < -0.3 is 5.73 Å². The van der Waals surface area contributed by atoms with Gasteiger partial charge in [0.25, 0.3) is 0 Å². The van der Waals surface area contributed by atoms with Crippen molar-refractivity contribution in [2.24, 2.45) is 11.7 Å². The summed E-state index contributed by atoms with van der Waals surface area (Å²) in [5.74, 6) is 0.517. The maximum Gasteiger partial charge on any atom is 0.0330 e. The zero-order chi connectivity index (χ0) is 14.2. The van der Waals surface area contributed by atoms with E-state index in [-0.39, 0.29) is 6.04 Å². The van der Waals surface area contributed by atoms with E-state index in [1.54, 1.807) is 0 Å². The van der Waals surface area contributed by atoms with Crippen molar-refractivity contribution in [1.82, 2.24) is 0 Å². The van der Waals surface area contributed by atoms with E-state index in [0.717, 1.165) is 12.8 Å². The van der Waals surface area contributed by atoms with Gasteiger partial charge >= 0.3 is 0 Å². The van der Waals surface area contributed by atoms with E-state index in [4.69, 9.17) is 5.73 Å².